The molecule has 6 heteroatoms. The first-order chi connectivity index (χ1) is 7.92. The van der Waals surface area contributed by atoms with Gasteiger partial charge >= 0.3 is 5.97 Å². The van der Waals surface area contributed by atoms with Crippen LogP contribution in [0.3, 0.4) is 0 Å². The van der Waals surface area contributed by atoms with Gasteiger partial charge in [-0.15, -0.1) is 0 Å². The van der Waals surface area contributed by atoms with Crippen LogP contribution in [0.15, 0.2) is 0 Å². The van der Waals surface area contributed by atoms with Crippen LogP contribution in [0, 0.1) is 5.92 Å². The average Bonchev–Trinajstić information content (AvgIpc) is 2.27. The normalized spacial score (nSPS) is 12.2. The Labute approximate surface area is 101 Å². The van der Waals surface area contributed by atoms with Crippen LogP contribution in [0.2, 0.25) is 0 Å². The summed E-state index contributed by atoms with van der Waals surface area (Å²) >= 11 is 0. The summed E-state index contributed by atoms with van der Waals surface area (Å²) in [7, 11) is 0. The van der Waals surface area contributed by atoms with Crippen molar-refractivity contribution in [3.63, 3.8) is 0 Å². The first-order valence-corrected chi connectivity index (χ1v) is 5.74. The highest BCUT2D eigenvalue weighted by Gasteiger charge is 2.18. The Morgan fingerprint density at radius 2 is 1.76 bits per heavy atom. The maximum atomic E-state index is 11.5. The minimum absolute atomic E-state index is 0.0252. The van der Waals surface area contributed by atoms with Gasteiger partial charge in [-0.1, -0.05) is 13.8 Å². The van der Waals surface area contributed by atoms with Crippen LogP contribution in [-0.2, 0) is 14.4 Å². The first kappa shape index (κ1) is 15.6. The summed E-state index contributed by atoms with van der Waals surface area (Å²) in [6.07, 6.45) is 1.31. The predicted molar refractivity (Wildman–Crippen MR) is 62.1 cm³/mol. The molecule has 0 radical (unpaired) electrons. The van der Waals surface area contributed by atoms with E-state index < -0.39 is 17.9 Å². The summed E-state index contributed by atoms with van der Waals surface area (Å²) < 4.78 is 0. The van der Waals surface area contributed by atoms with Crippen molar-refractivity contribution in [2.75, 3.05) is 0 Å². The third-order valence-corrected chi connectivity index (χ3v) is 2.62. The lowest BCUT2D eigenvalue weighted by atomic mass is 10.0. The number of rotatable bonds is 7. The smallest absolute Gasteiger partial charge is 0.320 e. The molecule has 1 unspecified atom stereocenters. The lowest BCUT2D eigenvalue weighted by molar-refractivity contribution is -0.138. The van der Waals surface area contributed by atoms with Crippen LogP contribution in [0.25, 0.3) is 0 Å². The van der Waals surface area contributed by atoms with Crippen molar-refractivity contribution in [2.45, 2.75) is 45.6 Å². The van der Waals surface area contributed by atoms with Crippen molar-refractivity contribution in [3.8, 4) is 0 Å². The standard InChI is InChI=1S/C11H20N2O4/c1-3-7(4-2)10(15)13-9(14)6-5-8(12)11(16)17/h7-8H,3-6,12H2,1-2H3,(H,16,17)(H,13,14,15). The third-order valence-electron chi connectivity index (χ3n) is 2.62. The van der Waals surface area contributed by atoms with E-state index in [2.05, 4.69) is 5.32 Å². The minimum Gasteiger partial charge on any atom is -0.480 e. The number of aliphatic carboxylic acids is 1. The zero-order chi connectivity index (χ0) is 13.4. The molecule has 1 atom stereocenters. The van der Waals surface area contributed by atoms with E-state index >= 15 is 0 Å². The number of carboxylic acid groups (broad SMARTS) is 1. The Kier molecular flexibility index (Phi) is 7.13. The van der Waals surface area contributed by atoms with Gasteiger partial charge in [0.05, 0.1) is 0 Å². The lowest BCUT2D eigenvalue weighted by Gasteiger charge is -2.12. The molecule has 0 spiro atoms. The fourth-order valence-electron chi connectivity index (χ4n) is 1.37. The highest BCUT2D eigenvalue weighted by atomic mass is 16.4. The number of carbonyl (C=O) groups excluding carboxylic acids is 2. The molecule has 4 N–H and O–H groups in total. The summed E-state index contributed by atoms with van der Waals surface area (Å²) in [5, 5.41) is 10.8. The molecule has 2 amide bonds. The Hall–Kier alpha value is -1.43. The molecule has 0 rings (SSSR count). The monoisotopic (exact) mass is 244 g/mol. The third kappa shape index (κ3) is 6.01. The zero-order valence-corrected chi connectivity index (χ0v) is 10.2. The number of hydrogen-bond acceptors (Lipinski definition) is 4. The second-order valence-corrected chi connectivity index (χ2v) is 3.91. The zero-order valence-electron chi connectivity index (χ0n) is 10.2. The molecule has 98 valence electrons. The molecular weight excluding hydrogens is 224 g/mol. The fourth-order valence-corrected chi connectivity index (χ4v) is 1.37. The molecule has 0 aromatic heterocycles. The van der Waals surface area contributed by atoms with Crippen LogP contribution in [0.4, 0.5) is 0 Å². The molecule has 6 nitrogen and oxygen atoms in total. The number of hydrogen-bond donors (Lipinski definition) is 3. The van der Waals surface area contributed by atoms with Gasteiger partial charge in [0.25, 0.3) is 0 Å². The van der Waals surface area contributed by atoms with Crippen molar-refractivity contribution in [2.24, 2.45) is 11.7 Å². The van der Waals surface area contributed by atoms with Crippen molar-refractivity contribution in [1.29, 1.82) is 0 Å². The number of carbonyl (C=O) groups is 3. The van der Waals surface area contributed by atoms with Crippen LogP contribution in [-0.4, -0.2) is 28.9 Å². The lowest BCUT2D eigenvalue weighted by Crippen LogP contribution is -2.37. The van der Waals surface area contributed by atoms with Gasteiger partial charge in [0.2, 0.25) is 11.8 Å². The largest absolute Gasteiger partial charge is 0.480 e. The number of imide groups is 1. The van der Waals surface area contributed by atoms with E-state index in [9.17, 15) is 14.4 Å². The maximum Gasteiger partial charge on any atom is 0.320 e. The van der Waals surface area contributed by atoms with Gasteiger partial charge in [0.1, 0.15) is 6.04 Å². The second-order valence-electron chi connectivity index (χ2n) is 3.91. The van der Waals surface area contributed by atoms with Gasteiger partial charge in [-0.25, -0.2) is 0 Å². The quantitative estimate of drug-likeness (QED) is 0.595. The van der Waals surface area contributed by atoms with E-state index in [-0.39, 0.29) is 24.7 Å². The van der Waals surface area contributed by atoms with E-state index in [0.29, 0.717) is 12.8 Å². The topological polar surface area (TPSA) is 109 Å². The van der Waals surface area contributed by atoms with Crippen molar-refractivity contribution >= 4 is 17.8 Å². The summed E-state index contributed by atoms with van der Waals surface area (Å²) in [5.74, 6) is -2.10. The molecule has 0 aliphatic carbocycles. The number of nitrogens with two attached hydrogens (primary N) is 1. The maximum absolute atomic E-state index is 11.5. The molecule has 0 saturated heterocycles. The summed E-state index contributed by atoms with van der Waals surface area (Å²) in [6.45, 7) is 3.75. The van der Waals surface area contributed by atoms with Crippen LogP contribution >= 0.6 is 0 Å². The number of nitrogens with one attached hydrogen (secondary N) is 1. The average molecular weight is 244 g/mol. The second kappa shape index (κ2) is 7.78. The van der Waals surface area contributed by atoms with Crippen molar-refractivity contribution in [3.05, 3.63) is 0 Å². The van der Waals surface area contributed by atoms with Gasteiger partial charge in [-0.05, 0) is 19.3 Å². The molecule has 0 aliphatic heterocycles. The van der Waals surface area contributed by atoms with Crippen LogP contribution < -0.4 is 11.1 Å². The SMILES string of the molecule is CCC(CC)C(=O)NC(=O)CCC(N)C(=O)O. The number of amides is 2. The van der Waals surface area contributed by atoms with Crippen molar-refractivity contribution in [1.82, 2.24) is 5.32 Å². The molecule has 0 aliphatic rings. The van der Waals surface area contributed by atoms with Crippen molar-refractivity contribution < 1.29 is 19.5 Å². The van der Waals surface area contributed by atoms with E-state index in [1.807, 2.05) is 13.8 Å². The highest BCUT2D eigenvalue weighted by molar-refractivity contribution is 5.96. The van der Waals surface area contributed by atoms with Gasteiger partial charge < -0.3 is 10.8 Å². The molecule has 0 bridgehead atoms. The fraction of sp³-hybridized carbons (Fsp3) is 0.727. The minimum atomic E-state index is -1.15. The molecular formula is C11H20N2O4. The summed E-state index contributed by atoms with van der Waals surface area (Å²) in [6, 6.07) is -1.07. The van der Waals surface area contributed by atoms with Gasteiger partial charge in [-0.2, -0.15) is 0 Å². The number of carboxylic acids is 1. The van der Waals surface area contributed by atoms with Gasteiger partial charge in [0, 0.05) is 12.3 Å². The predicted octanol–water partition coefficient (Wildman–Crippen LogP) is 0.258. The highest BCUT2D eigenvalue weighted by Crippen LogP contribution is 2.07. The molecule has 0 heterocycles. The molecule has 0 aromatic carbocycles. The molecule has 17 heavy (non-hydrogen) atoms. The summed E-state index contributed by atoms with van der Waals surface area (Å²) in [5.41, 5.74) is 5.24. The van der Waals surface area contributed by atoms with E-state index in [1.54, 1.807) is 0 Å². The van der Waals surface area contributed by atoms with Gasteiger partial charge in [-0.3, -0.25) is 19.7 Å². The molecule has 0 aromatic rings. The first-order valence-electron chi connectivity index (χ1n) is 5.74. The Bertz CT molecular complexity index is 287. The Morgan fingerprint density at radius 3 is 2.18 bits per heavy atom. The van der Waals surface area contributed by atoms with Crippen LogP contribution in [0.1, 0.15) is 39.5 Å². The molecule has 0 saturated carbocycles. The van der Waals surface area contributed by atoms with E-state index in [0.717, 1.165) is 0 Å². The molecule has 0 fully saturated rings. The van der Waals surface area contributed by atoms with E-state index in [4.69, 9.17) is 10.8 Å². The van der Waals surface area contributed by atoms with E-state index in [1.165, 1.54) is 0 Å². The Morgan fingerprint density at radius 1 is 1.24 bits per heavy atom. The van der Waals surface area contributed by atoms with Crippen LogP contribution in [0.5, 0.6) is 0 Å². The Balaban J connectivity index is 4.02. The van der Waals surface area contributed by atoms with Gasteiger partial charge in [0.15, 0.2) is 0 Å². The summed E-state index contributed by atoms with van der Waals surface area (Å²) in [4.78, 5) is 33.3.